The number of aromatic nitrogens is 3. The van der Waals surface area contributed by atoms with Crippen molar-refractivity contribution in [3.63, 3.8) is 0 Å². The van der Waals surface area contributed by atoms with Gasteiger partial charge in [0.15, 0.2) is 0 Å². The highest BCUT2D eigenvalue weighted by atomic mass is 15.4. The predicted octanol–water partition coefficient (Wildman–Crippen LogP) is 2.87. The van der Waals surface area contributed by atoms with E-state index in [0.29, 0.717) is 12.1 Å². The fourth-order valence-corrected chi connectivity index (χ4v) is 2.13. The Hall–Kier alpha value is -2.93. The van der Waals surface area contributed by atoms with Crippen molar-refractivity contribution in [2.45, 2.75) is 6.54 Å². The molecule has 0 amide bonds. The van der Waals surface area contributed by atoms with Gasteiger partial charge in [-0.2, -0.15) is 5.26 Å². The van der Waals surface area contributed by atoms with Gasteiger partial charge in [-0.25, -0.2) is 4.68 Å². The number of nitrogens with zero attached hydrogens (tertiary/aromatic N) is 4. The fraction of sp³-hybridized carbons (Fsp3) is 0.0625. The van der Waals surface area contributed by atoms with Crippen molar-refractivity contribution in [1.82, 2.24) is 15.0 Å². The minimum Gasteiger partial charge on any atom is -0.248 e. The van der Waals surface area contributed by atoms with E-state index in [4.69, 9.17) is 5.26 Å². The van der Waals surface area contributed by atoms with Crippen molar-refractivity contribution in [2.75, 3.05) is 0 Å². The maximum absolute atomic E-state index is 9.14. The monoisotopic (exact) mass is 260 g/mol. The van der Waals surface area contributed by atoms with Crippen LogP contribution in [0.5, 0.6) is 0 Å². The molecule has 0 unspecified atom stereocenters. The molecule has 0 aliphatic carbocycles. The molecule has 0 atom stereocenters. The number of hydrogen-bond donors (Lipinski definition) is 0. The summed E-state index contributed by atoms with van der Waals surface area (Å²) in [5.41, 5.74) is 3.84. The molecule has 4 heteroatoms. The van der Waals surface area contributed by atoms with Gasteiger partial charge in [0.1, 0.15) is 0 Å². The molecule has 0 aliphatic heterocycles. The lowest BCUT2D eigenvalue weighted by atomic mass is 9.99. The van der Waals surface area contributed by atoms with Crippen LogP contribution in [0.3, 0.4) is 0 Å². The van der Waals surface area contributed by atoms with Crippen LogP contribution in [-0.4, -0.2) is 15.0 Å². The number of hydrogen-bond acceptors (Lipinski definition) is 3. The highest BCUT2D eigenvalue weighted by molar-refractivity contribution is 5.70. The van der Waals surface area contributed by atoms with E-state index in [-0.39, 0.29) is 0 Å². The van der Waals surface area contributed by atoms with Crippen LogP contribution >= 0.6 is 0 Å². The summed E-state index contributed by atoms with van der Waals surface area (Å²) in [5.74, 6) is 0. The Balaban J connectivity index is 1.88. The lowest BCUT2D eigenvalue weighted by molar-refractivity contribution is 0.650. The second kappa shape index (κ2) is 5.37. The van der Waals surface area contributed by atoms with Crippen LogP contribution < -0.4 is 0 Å². The summed E-state index contributed by atoms with van der Waals surface area (Å²) in [7, 11) is 0. The quantitative estimate of drug-likeness (QED) is 0.727. The Morgan fingerprint density at radius 3 is 2.55 bits per heavy atom. The predicted molar refractivity (Wildman–Crippen MR) is 75.7 cm³/mol. The SMILES string of the molecule is N#Cc1ccccc1-c1ccc(Cn2ccnn2)cc1. The molecule has 20 heavy (non-hydrogen) atoms. The summed E-state index contributed by atoms with van der Waals surface area (Å²) in [6, 6.07) is 18.0. The van der Waals surface area contributed by atoms with E-state index >= 15 is 0 Å². The van der Waals surface area contributed by atoms with Crippen LogP contribution in [0.25, 0.3) is 11.1 Å². The van der Waals surface area contributed by atoms with Crippen molar-refractivity contribution in [3.05, 3.63) is 72.1 Å². The van der Waals surface area contributed by atoms with Gasteiger partial charge in [-0.15, -0.1) is 5.10 Å². The number of rotatable bonds is 3. The van der Waals surface area contributed by atoms with Crippen molar-refractivity contribution in [1.29, 1.82) is 5.26 Å². The Morgan fingerprint density at radius 1 is 1.05 bits per heavy atom. The maximum atomic E-state index is 9.14. The molecule has 4 nitrogen and oxygen atoms in total. The zero-order valence-corrected chi connectivity index (χ0v) is 10.8. The van der Waals surface area contributed by atoms with Gasteiger partial charge in [0.05, 0.1) is 24.4 Å². The Labute approximate surface area is 116 Å². The molecule has 0 saturated heterocycles. The van der Waals surface area contributed by atoms with E-state index in [9.17, 15) is 0 Å². The minimum absolute atomic E-state index is 0.691. The van der Waals surface area contributed by atoms with Crippen LogP contribution in [-0.2, 0) is 6.54 Å². The second-order valence-corrected chi connectivity index (χ2v) is 4.45. The summed E-state index contributed by atoms with van der Waals surface area (Å²) in [5, 5.41) is 16.9. The van der Waals surface area contributed by atoms with Crippen molar-refractivity contribution in [2.24, 2.45) is 0 Å². The van der Waals surface area contributed by atoms with Crippen LogP contribution in [0.15, 0.2) is 60.9 Å². The van der Waals surface area contributed by atoms with Crippen LogP contribution in [0.2, 0.25) is 0 Å². The average molecular weight is 260 g/mol. The Morgan fingerprint density at radius 2 is 1.85 bits per heavy atom. The van der Waals surface area contributed by atoms with Crippen LogP contribution in [0, 0.1) is 11.3 Å². The molecule has 3 rings (SSSR count). The number of nitriles is 1. The van der Waals surface area contributed by atoms with Gasteiger partial charge in [-0.1, -0.05) is 47.7 Å². The zero-order valence-electron chi connectivity index (χ0n) is 10.8. The third-order valence-electron chi connectivity index (χ3n) is 3.13. The first kappa shape index (κ1) is 12.1. The molecule has 1 heterocycles. The Kier molecular flexibility index (Phi) is 3.25. The summed E-state index contributed by atoms with van der Waals surface area (Å²) >= 11 is 0. The molecule has 3 aromatic rings. The molecule has 0 bridgehead atoms. The molecular weight excluding hydrogens is 248 g/mol. The zero-order chi connectivity index (χ0) is 13.8. The lowest BCUT2D eigenvalue weighted by Gasteiger charge is -2.06. The van der Waals surface area contributed by atoms with E-state index in [2.05, 4.69) is 16.4 Å². The van der Waals surface area contributed by atoms with Gasteiger partial charge in [-0.05, 0) is 22.8 Å². The molecule has 0 fully saturated rings. The Bertz CT molecular complexity index is 737. The molecule has 1 aromatic heterocycles. The molecule has 0 spiro atoms. The first-order chi connectivity index (χ1) is 9.86. The molecular formula is C16H12N4. The first-order valence-electron chi connectivity index (χ1n) is 6.29. The van der Waals surface area contributed by atoms with E-state index < -0.39 is 0 Å². The largest absolute Gasteiger partial charge is 0.248 e. The van der Waals surface area contributed by atoms with Gasteiger partial charge >= 0.3 is 0 Å². The van der Waals surface area contributed by atoms with E-state index in [1.807, 2.05) is 54.7 Å². The summed E-state index contributed by atoms with van der Waals surface area (Å²) in [6.07, 6.45) is 3.50. The van der Waals surface area contributed by atoms with Gasteiger partial charge in [0.25, 0.3) is 0 Å². The topological polar surface area (TPSA) is 54.5 Å². The highest BCUT2D eigenvalue weighted by Gasteiger charge is 2.04. The van der Waals surface area contributed by atoms with E-state index in [0.717, 1.165) is 16.7 Å². The minimum atomic E-state index is 0.691. The normalized spacial score (nSPS) is 10.2. The third kappa shape index (κ3) is 2.43. The molecule has 2 aromatic carbocycles. The lowest BCUT2D eigenvalue weighted by Crippen LogP contribution is -2.00. The summed E-state index contributed by atoms with van der Waals surface area (Å²) in [4.78, 5) is 0. The van der Waals surface area contributed by atoms with Gasteiger partial charge < -0.3 is 0 Å². The maximum Gasteiger partial charge on any atom is 0.0998 e. The smallest absolute Gasteiger partial charge is 0.0998 e. The van der Waals surface area contributed by atoms with Crippen LogP contribution in [0.4, 0.5) is 0 Å². The average Bonchev–Trinajstić information content (AvgIpc) is 3.01. The van der Waals surface area contributed by atoms with Crippen molar-refractivity contribution < 1.29 is 0 Å². The second-order valence-electron chi connectivity index (χ2n) is 4.45. The molecule has 0 saturated carbocycles. The van der Waals surface area contributed by atoms with Crippen molar-refractivity contribution >= 4 is 0 Å². The van der Waals surface area contributed by atoms with E-state index in [1.165, 1.54) is 0 Å². The van der Waals surface area contributed by atoms with Gasteiger partial charge in [-0.3, -0.25) is 0 Å². The molecule has 0 aliphatic rings. The summed E-state index contributed by atoms with van der Waals surface area (Å²) < 4.78 is 1.78. The molecule has 0 radical (unpaired) electrons. The standard InChI is InChI=1S/C16H12N4/c17-11-15-3-1-2-4-16(15)14-7-5-13(6-8-14)12-20-10-9-18-19-20/h1-10H,12H2. The molecule has 96 valence electrons. The number of benzene rings is 2. The summed E-state index contributed by atoms with van der Waals surface area (Å²) in [6.45, 7) is 0.695. The fourth-order valence-electron chi connectivity index (χ4n) is 2.13. The van der Waals surface area contributed by atoms with Gasteiger partial charge in [0.2, 0.25) is 0 Å². The highest BCUT2D eigenvalue weighted by Crippen LogP contribution is 2.23. The molecule has 0 N–H and O–H groups in total. The van der Waals surface area contributed by atoms with E-state index in [1.54, 1.807) is 10.9 Å². The first-order valence-corrected chi connectivity index (χ1v) is 6.29. The van der Waals surface area contributed by atoms with Crippen molar-refractivity contribution in [3.8, 4) is 17.2 Å². The third-order valence-corrected chi connectivity index (χ3v) is 3.13. The van der Waals surface area contributed by atoms with Gasteiger partial charge in [0, 0.05) is 6.20 Å². The van der Waals surface area contributed by atoms with Crippen LogP contribution in [0.1, 0.15) is 11.1 Å².